The number of aromatic nitrogens is 1. The lowest BCUT2D eigenvalue weighted by Gasteiger charge is -2.28. The van der Waals surface area contributed by atoms with E-state index in [-0.39, 0.29) is 5.91 Å². The van der Waals surface area contributed by atoms with Crippen molar-refractivity contribution >= 4 is 17.6 Å². The number of carboxylic acids is 1. The summed E-state index contributed by atoms with van der Waals surface area (Å²) in [5, 5.41) is 11.9. The minimum Gasteiger partial charge on any atom is -0.481 e. The van der Waals surface area contributed by atoms with Crippen molar-refractivity contribution in [2.75, 3.05) is 5.32 Å². The molecule has 5 nitrogen and oxygen atoms in total. The summed E-state index contributed by atoms with van der Waals surface area (Å²) in [6, 6.07) is 12.3. The summed E-state index contributed by atoms with van der Waals surface area (Å²) in [4.78, 5) is 27.7. The molecule has 0 saturated heterocycles. The number of benzene rings is 1. The maximum absolute atomic E-state index is 12.3. The summed E-state index contributed by atoms with van der Waals surface area (Å²) in [6.07, 6.45) is 6.86. The van der Waals surface area contributed by atoms with Gasteiger partial charge in [-0.2, -0.15) is 0 Å². The van der Waals surface area contributed by atoms with Gasteiger partial charge >= 0.3 is 5.97 Å². The Balaban J connectivity index is 1.60. The Morgan fingerprint density at radius 2 is 1.73 bits per heavy atom. The fraction of sp³-hybridized carbons (Fsp3) is 0.480. The lowest BCUT2D eigenvalue weighted by Crippen LogP contribution is -2.30. The summed E-state index contributed by atoms with van der Waals surface area (Å²) in [7, 11) is 0. The average Bonchev–Trinajstić information content (AvgIpc) is 2.74. The highest BCUT2D eigenvalue weighted by molar-refractivity contribution is 5.94. The molecule has 1 heterocycles. The highest BCUT2D eigenvalue weighted by atomic mass is 16.4. The normalized spacial score (nSPS) is 19.3. The summed E-state index contributed by atoms with van der Waals surface area (Å²) >= 11 is 0. The van der Waals surface area contributed by atoms with Crippen LogP contribution in [-0.4, -0.2) is 22.0 Å². The van der Waals surface area contributed by atoms with Crippen molar-refractivity contribution in [3.63, 3.8) is 0 Å². The fourth-order valence-electron chi connectivity index (χ4n) is 3.97. The van der Waals surface area contributed by atoms with Crippen molar-refractivity contribution < 1.29 is 14.7 Å². The molecule has 0 radical (unpaired) electrons. The van der Waals surface area contributed by atoms with E-state index in [4.69, 9.17) is 5.11 Å². The molecule has 0 aliphatic heterocycles. The third-order valence-electron chi connectivity index (χ3n) is 6.51. The number of nitrogens with zero attached hydrogens (tertiary/aromatic N) is 1. The first-order valence-electron chi connectivity index (χ1n) is 10.9. The summed E-state index contributed by atoms with van der Waals surface area (Å²) < 4.78 is 0. The van der Waals surface area contributed by atoms with Crippen molar-refractivity contribution in [3.05, 3.63) is 48.2 Å². The van der Waals surface area contributed by atoms with Crippen LogP contribution in [0.3, 0.4) is 0 Å². The van der Waals surface area contributed by atoms with Crippen molar-refractivity contribution in [1.82, 2.24) is 4.98 Å². The molecule has 1 amide bonds. The number of rotatable bonds is 7. The molecule has 3 rings (SSSR count). The highest BCUT2D eigenvalue weighted by Crippen LogP contribution is 2.37. The van der Waals surface area contributed by atoms with Gasteiger partial charge in [0.25, 0.3) is 0 Å². The van der Waals surface area contributed by atoms with E-state index in [0.717, 1.165) is 43.4 Å². The van der Waals surface area contributed by atoms with Crippen LogP contribution in [0.4, 0.5) is 5.69 Å². The van der Waals surface area contributed by atoms with Crippen LogP contribution in [0, 0.1) is 11.3 Å². The second-order valence-electron chi connectivity index (χ2n) is 9.06. The molecular formula is C25H32N2O3. The van der Waals surface area contributed by atoms with Crippen LogP contribution >= 0.6 is 0 Å². The number of pyridine rings is 1. The first-order valence-corrected chi connectivity index (χ1v) is 10.9. The van der Waals surface area contributed by atoms with Crippen LogP contribution in [0.5, 0.6) is 0 Å². The predicted molar refractivity (Wildman–Crippen MR) is 119 cm³/mol. The molecule has 160 valence electrons. The molecular weight excluding hydrogens is 376 g/mol. The molecule has 1 aromatic heterocycles. The number of anilines is 1. The molecule has 1 aliphatic rings. The first-order chi connectivity index (χ1) is 14.3. The Bertz CT molecular complexity index is 864. The highest BCUT2D eigenvalue weighted by Gasteiger charge is 2.25. The number of carbonyl (C=O) groups is 2. The molecule has 1 saturated carbocycles. The van der Waals surface area contributed by atoms with E-state index in [1.54, 1.807) is 6.20 Å². The van der Waals surface area contributed by atoms with Crippen LogP contribution in [0.15, 0.2) is 42.6 Å². The lowest BCUT2D eigenvalue weighted by atomic mass is 9.77. The van der Waals surface area contributed by atoms with Gasteiger partial charge in [-0.3, -0.25) is 14.6 Å². The van der Waals surface area contributed by atoms with Gasteiger partial charge in [-0.25, -0.2) is 0 Å². The SMILES string of the molecule is CCC(C)(C)C(=O)Nc1ccc(-c2ccc(C3CCC(CC(=O)O)CC3)cc2)nc1. The minimum atomic E-state index is -0.685. The maximum Gasteiger partial charge on any atom is 0.303 e. The molecule has 2 aromatic rings. The van der Waals surface area contributed by atoms with Gasteiger partial charge in [-0.05, 0) is 61.6 Å². The first kappa shape index (κ1) is 22.0. The van der Waals surface area contributed by atoms with Gasteiger partial charge in [-0.1, -0.05) is 45.0 Å². The molecule has 2 N–H and O–H groups in total. The topological polar surface area (TPSA) is 79.3 Å². The maximum atomic E-state index is 12.3. The number of carboxylic acid groups (broad SMARTS) is 1. The van der Waals surface area contributed by atoms with Gasteiger partial charge in [0.05, 0.1) is 17.6 Å². The number of hydrogen-bond donors (Lipinski definition) is 2. The molecule has 5 heteroatoms. The largest absolute Gasteiger partial charge is 0.481 e. The summed E-state index contributed by atoms with van der Waals surface area (Å²) in [6.45, 7) is 5.88. The van der Waals surface area contributed by atoms with E-state index in [9.17, 15) is 9.59 Å². The van der Waals surface area contributed by atoms with Crippen LogP contribution in [-0.2, 0) is 9.59 Å². The van der Waals surface area contributed by atoms with Crippen molar-refractivity contribution in [1.29, 1.82) is 0 Å². The van der Waals surface area contributed by atoms with Gasteiger partial charge in [0, 0.05) is 17.4 Å². The minimum absolute atomic E-state index is 0.00183. The molecule has 30 heavy (non-hydrogen) atoms. The molecule has 1 aliphatic carbocycles. The second-order valence-corrected chi connectivity index (χ2v) is 9.06. The van der Waals surface area contributed by atoms with Crippen molar-refractivity contribution in [2.24, 2.45) is 11.3 Å². The smallest absolute Gasteiger partial charge is 0.303 e. The third-order valence-corrected chi connectivity index (χ3v) is 6.51. The Kier molecular flexibility index (Phi) is 6.91. The molecule has 1 fully saturated rings. The Labute approximate surface area is 178 Å². The lowest BCUT2D eigenvalue weighted by molar-refractivity contribution is -0.138. The fourth-order valence-corrected chi connectivity index (χ4v) is 3.97. The van der Waals surface area contributed by atoms with Gasteiger partial charge in [0.1, 0.15) is 0 Å². The van der Waals surface area contributed by atoms with E-state index in [1.807, 2.05) is 32.9 Å². The summed E-state index contributed by atoms with van der Waals surface area (Å²) in [5.74, 6) is 0.151. The average molecular weight is 409 g/mol. The van der Waals surface area contributed by atoms with E-state index >= 15 is 0 Å². The Morgan fingerprint density at radius 1 is 1.07 bits per heavy atom. The van der Waals surface area contributed by atoms with Crippen LogP contribution < -0.4 is 5.32 Å². The molecule has 1 aromatic carbocycles. The van der Waals surface area contributed by atoms with E-state index < -0.39 is 11.4 Å². The molecule has 0 unspecified atom stereocenters. The Morgan fingerprint density at radius 3 is 2.27 bits per heavy atom. The van der Waals surface area contributed by atoms with Gasteiger partial charge < -0.3 is 10.4 Å². The zero-order chi connectivity index (χ0) is 21.7. The number of nitrogens with one attached hydrogen (secondary N) is 1. The molecule has 0 spiro atoms. The monoisotopic (exact) mass is 408 g/mol. The van der Waals surface area contributed by atoms with Crippen LogP contribution in [0.2, 0.25) is 0 Å². The van der Waals surface area contributed by atoms with E-state index in [0.29, 0.717) is 23.9 Å². The van der Waals surface area contributed by atoms with Gasteiger partial charge in [-0.15, -0.1) is 0 Å². The van der Waals surface area contributed by atoms with Crippen LogP contribution in [0.25, 0.3) is 11.3 Å². The van der Waals surface area contributed by atoms with Gasteiger partial charge in [0.15, 0.2) is 0 Å². The second kappa shape index (κ2) is 9.41. The zero-order valence-electron chi connectivity index (χ0n) is 18.1. The number of carbonyl (C=O) groups excluding carboxylic acids is 1. The van der Waals surface area contributed by atoms with Gasteiger partial charge in [0.2, 0.25) is 5.91 Å². The quantitative estimate of drug-likeness (QED) is 0.600. The number of aliphatic carboxylic acids is 1. The van der Waals surface area contributed by atoms with E-state index in [2.05, 4.69) is 34.6 Å². The zero-order valence-corrected chi connectivity index (χ0v) is 18.1. The van der Waals surface area contributed by atoms with Crippen molar-refractivity contribution in [3.8, 4) is 11.3 Å². The summed E-state index contributed by atoms with van der Waals surface area (Å²) in [5.41, 5.74) is 3.55. The van der Waals surface area contributed by atoms with E-state index in [1.165, 1.54) is 5.56 Å². The molecule has 0 bridgehead atoms. The third kappa shape index (κ3) is 5.47. The van der Waals surface area contributed by atoms with Crippen molar-refractivity contribution in [2.45, 2.75) is 65.2 Å². The predicted octanol–water partition coefficient (Wildman–Crippen LogP) is 5.87. The molecule has 0 atom stereocenters. The van der Waals surface area contributed by atoms with Crippen LogP contribution in [0.1, 0.15) is 70.8 Å². The Hall–Kier alpha value is -2.69. The standard InChI is InChI=1S/C25H32N2O3/c1-4-25(2,3)24(30)27-21-13-14-22(26-16-21)20-11-9-19(10-12-20)18-7-5-17(6-8-18)15-23(28)29/h9-14,16-18H,4-8,15H2,1-3H3,(H,27,30)(H,28,29). The number of hydrogen-bond acceptors (Lipinski definition) is 3. The number of amides is 1.